The Bertz CT molecular complexity index is 649. The van der Waals surface area contributed by atoms with Crippen LogP contribution in [0.3, 0.4) is 0 Å². The third-order valence-corrected chi connectivity index (χ3v) is 3.30. The van der Waals surface area contributed by atoms with Crippen molar-refractivity contribution in [3.63, 3.8) is 0 Å². The lowest BCUT2D eigenvalue weighted by Crippen LogP contribution is -2.31. The largest absolute Gasteiger partial charge is 0.464 e. The Morgan fingerprint density at radius 3 is 2.65 bits per heavy atom. The minimum atomic E-state index is -0.270. The number of carbonyl (C=O) groups excluding carboxylic acids is 1. The summed E-state index contributed by atoms with van der Waals surface area (Å²) in [5.41, 5.74) is 1.75. The lowest BCUT2D eigenvalue weighted by Gasteiger charge is -2.13. The minimum absolute atomic E-state index is 0.174. The third-order valence-electron chi connectivity index (χ3n) is 3.30. The number of rotatable bonds is 6. The summed E-state index contributed by atoms with van der Waals surface area (Å²) < 4.78 is 11.1. The van der Waals surface area contributed by atoms with E-state index in [1.54, 1.807) is 0 Å². The summed E-state index contributed by atoms with van der Waals surface area (Å²) in [4.78, 5) is 12.1. The number of urea groups is 1. The highest BCUT2D eigenvalue weighted by atomic mass is 16.5. The molecule has 0 saturated carbocycles. The summed E-state index contributed by atoms with van der Waals surface area (Å²) >= 11 is 0. The smallest absolute Gasteiger partial charge is 0.319 e. The fourth-order valence-corrected chi connectivity index (χ4v) is 2.12. The quantitative estimate of drug-likeness (QED) is 0.830. The number of furan rings is 1. The average molecular weight is 316 g/mol. The van der Waals surface area contributed by atoms with E-state index in [0.29, 0.717) is 6.61 Å². The van der Waals surface area contributed by atoms with Crippen LogP contribution in [0.25, 0.3) is 0 Å². The fraction of sp³-hybridized carbons (Fsp3) is 0.389. The van der Waals surface area contributed by atoms with E-state index in [2.05, 4.69) is 10.6 Å². The van der Waals surface area contributed by atoms with E-state index < -0.39 is 0 Å². The molecule has 1 unspecified atom stereocenters. The molecule has 0 aliphatic heterocycles. The molecule has 1 aromatic carbocycles. The molecule has 0 radical (unpaired) electrons. The van der Waals surface area contributed by atoms with E-state index in [9.17, 15) is 4.79 Å². The third kappa shape index (κ3) is 5.45. The molecule has 1 aromatic heterocycles. The number of ether oxygens (including phenoxy) is 1. The van der Waals surface area contributed by atoms with Gasteiger partial charge < -0.3 is 19.8 Å². The normalized spacial score (nSPS) is 12.2. The summed E-state index contributed by atoms with van der Waals surface area (Å²) in [6, 6.07) is 10.9. The molecule has 0 spiro atoms. The van der Waals surface area contributed by atoms with Crippen molar-refractivity contribution >= 4 is 11.7 Å². The van der Waals surface area contributed by atoms with Crippen molar-refractivity contribution < 1.29 is 13.9 Å². The first-order chi connectivity index (χ1) is 10.9. The second-order valence-electron chi connectivity index (χ2n) is 5.83. The van der Waals surface area contributed by atoms with Gasteiger partial charge >= 0.3 is 6.03 Å². The molecule has 124 valence electrons. The molecule has 0 saturated heterocycles. The summed E-state index contributed by atoms with van der Waals surface area (Å²) in [5, 5.41) is 5.68. The van der Waals surface area contributed by atoms with Crippen molar-refractivity contribution in [3.8, 4) is 0 Å². The van der Waals surface area contributed by atoms with E-state index in [4.69, 9.17) is 9.15 Å². The van der Waals surface area contributed by atoms with Gasteiger partial charge in [0.25, 0.3) is 0 Å². The van der Waals surface area contributed by atoms with Crippen molar-refractivity contribution in [1.82, 2.24) is 5.32 Å². The van der Waals surface area contributed by atoms with Gasteiger partial charge in [0.05, 0.1) is 18.8 Å². The van der Waals surface area contributed by atoms with Crippen LogP contribution in [-0.4, -0.2) is 12.1 Å². The Kier molecular flexibility index (Phi) is 5.82. The number of nitrogens with one attached hydrogen (secondary N) is 2. The monoisotopic (exact) mass is 316 g/mol. The molecule has 0 fully saturated rings. The topological polar surface area (TPSA) is 63.5 Å². The van der Waals surface area contributed by atoms with Gasteiger partial charge in [0, 0.05) is 5.69 Å². The van der Waals surface area contributed by atoms with Gasteiger partial charge in [-0.25, -0.2) is 4.79 Å². The second kappa shape index (κ2) is 7.83. The van der Waals surface area contributed by atoms with Crippen molar-refractivity contribution in [2.24, 2.45) is 0 Å². The van der Waals surface area contributed by atoms with E-state index in [1.807, 2.05) is 64.1 Å². The molecular weight excluding hydrogens is 292 g/mol. The fourth-order valence-electron chi connectivity index (χ4n) is 2.12. The highest BCUT2D eigenvalue weighted by Crippen LogP contribution is 2.16. The molecule has 2 amide bonds. The lowest BCUT2D eigenvalue weighted by atomic mass is 10.2. The van der Waals surface area contributed by atoms with Gasteiger partial charge in [-0.3, -0.25) is 0 Å². The molecule has 23 heavy (non-hydrogen) atoms. The molecule has 0 aliphatic carbocycles. The summed E-state index contributed by atoms with van der Waals surface area (Å²) in [5.74, 6) is 1.56. The van der Waals surface area contributed by atoms with Gasteiger partial charge in [0.1, 0.15) is 11.5 Å². The lowest BCUT2D eigenvalue weighted by molar-refractivity contribution is 0.0657. The molecule has 1 atom stereocenters. The van der Waals surface area contributed by atoms with Crippen LogP contribution in [0.2, 0.25) is 0 Å². The van der Waals surface area contributed by atoms with Gasteiger partial charge in [0.2, 0.25) is 0 Å². The van der Waals surface area contributed by atoms with Crippen LogP contribution in [0.1, 0.15) is 43.9 Å². The number of amides is 2. The summed E-state index contributed by atoms with van der Waals surface area (Å²) in [6.07, 6.45) is 0.174. The van der Waals surface area contributed by atoms with Crippen LogP contribution >= 0.6 is 0 Å². The van der Waals surface area contributed by atoms with Gasteiger partial charge in [-0.1, -0.05) is 12.1 Å². The molecule has 5 heteroatoms. The summed E-state index contributed by atoms with van der Waals surface area (Å²) in [6.45, 7) is 8.27. The molecule has 1 heterocycles. The molecule has 2 N–H and O–H groups in total. The Balaban J connectivity index is 1.90. The Morgan fingerprint density at radius 1 is 1.22 bits per heavy atom. The Morgan fingerprint density at radius 2 is 2.00 bits per heavy atom. The maximum absolute atomic E-state index is 12.1. The SMILES string of the molecule is Cc1ccc(C(C)NC(=O)Nc2cccc(COC(C)C)c2)o1. The summed E-state index contributed by atoms with van der Waals surface area (Å²) in [7, 11) is 0. The van der Waals surface area contributed by atoms with Crippen molar-refractivity contribution in [2.45, 2.75) is 46.4 Å². The zero-order valence-electron chi connectivity index (χ0n) is 14.1. The van der Waals surface area contributed by atoms with E-state index in [1.165, 1.54) is 0 Å². The first-order valence-corrected chi connectivity index (χ1v) is 7.78. The van der Waals surface area contributed by atoms with Crippen LogP contribution in [0, 0.1) is 6.92 Å². The first kappa shape index (κ1) is 17.1. The Labute approximate surface area is 137 Å². The Hall–Kier alpha value is -2.27. The number of hydrogen-bond donors (Lipinski definition) is 2. The zero-order chi connectivity index (χ0) is 16.8. The van der Waals surface area contributed by atoms with E-state index in [-0.39, 0.29) is 18.2 Å². The van der Waals surface area contributed by atoms with Gasteiger partial charge in [0.15, 0.2) is 0 Å². The second-order valence-corrected chi connectivity index (χ2v) is 5.83. The number of benzene rings is 1. The number of hydrogen-bond acceptors (Lipinski definition) is 3. The maximum atomic E-state index is 12.1. The molecular formula is C18H24N2O3. The van der Waals surface area contributed by atoms with E-state index >= 15 is 0 Å². The zero-order valence-corrected chi connectivity index (χ0v) is 14.1. The van der Waals surface area contributed by atoms with Crippen LogP contribution in [0.5, 0.6) is 0 Å². The molecule has 0 bridgehead atoms. The predicted molar refractivity (Wildman–Crippen MR) is 90.4 cm³/mol. The van der Waals surface area contributed by atoms with Crippen molar-refractivity contribution in [2.75, 3.05) is 5.32 Å². The van der Waals surface area contributed by atoms with Crippen LogP contribution < -0.4 is 10.6 Å². The highest BCUT2D eigenvalue weighted by molar-refractivity contribution is 5.89. The number of aryl methyl sites for hydroxylation is 1. The minimum Gasteiger partial charge on any atom is -0.464 e. The van der Waals surface area contributed by atoms with Crippen LogP contribution in [0.4, 0.5) is 10.5 Å². The average Bonchev–Trinajstić information content (AvgIpc) is 2.92. The molecule has 2 rings (SSSR count). The van der Waals surface area contributed by atoms with Crippen LogP contribution in [-0.2, 0) is 11.3 Å². The van der Waals surface area contributed by atoms with Crippen molar-refractivity contribution in [3.05, 3.63) is 53.5 Å². The maximum Gasteiger partial charge on any atom is 0.319 e. The number of carbonyl (C=O) groups is 1. The van der Waals surface area contributed by atoms with Gasteiger partial charge in [-0.2, -0.15) is 0 Å². The number of anilines is 1. The van der Waals surface area contributed by atoms with Gasteiger partial charge in [-0.15, -0.1) is 0 Å². The molecule has 0 aliphatic rings. The van der Waals surface area contributed by atoms with Crippen molar-refractivity contribution in [1.29, 1.82) is 0 Å². The highest BCUT2D eigenvalue weighted by Gasteiger charge is 2.12. The predicted octanol–water partition coefficient (Wildman–Crippen LogP) is 4.40. The first-order valence-electron chi connectivity index (χ1n) is 7.78. The van der Waals surface area contributed by atoms with Gasteiger partial charge in [-0.05, 0) is 57.5 Å². The molecule has 2 aromatic rings. The standard InChI is InChI=1S/C18H24N2O3/c1-12(2)22-11-15-6-5-7-16(10-15)20-18(21)19-14(4)17-9-8-13(3)23-17/h5-10,12,14H,11H2,1-4H3,(H2,19,20,21). The molecule has 5 nitrogen and oxygen atoms in total. The van der Waals surface area contributed by atoms with Crippen LogP contribution in [0.15, 0.2) is 40.8 Å². The van der Waals surface area contributed by atoms with E-state index in [0.717, 1.165) is 22.8 Å².